The lowest BCUT2D eigenvalue weighted by atomic mass is 10.0. The van der Waals surface area contributed by atoms with Gasteiger partial charge in [-0.25, -0.2) is 0 Å². The van der Waals surface area contributed by atoms with E-state index in [4.69, 9.17) is 0 Å². The molecule has 0 bridgehead atoms. The Bertz CT molecular complexity index is 1450. The van der Waals surface area contributed by atoms with Gasteiger partial charge in [-0.05, 0) is 54.8 Å². The van der Waals surface area contributed by atoms with Crippen LogP contribution in [0.25, 0.3) is 0 Å². The number of hydrogen-bond donors (Lipinski definition) is 2. The van der Waals surface area contributed by atoms with Crippen molar-refractivity contribution in [3.63, 3.8) is 0 Å². The molecular formula is C29H24F3N3O5. The van der Waals surface area contributed by atoms with Gasteiger partial charge in [0.05, 0.1) is 12.2 Å². The van der Waals surface area contributed by atoms with Gasteiger partial charge in [0.25, 0.3) is 5.91 Å². The van der Waals surface area contributed by atoms with Crippen LogP contribution < -0.4 is 20.3 Å². The second-order valence-electron chi connectivity index (χ2n) is 9.69. The van der Waals surface area contributed by atoms with Crippen LogP contribution >= 0.6 is 0 Å². The molecule has 40 heavy (non-hydrogen) atoms. The van der Waals surface area contributed by atoms with Gasteiger partial charge in [0.2, 0.25) is 11.8 Å². The third-order valence-electron chi connectivity index (χ3n) is 6.83. The zero-order valence-electron chi connectivity index (χ0n) is 21.0. The van der Waals surface area contributed by atoms with Crippen molar-refractivity contribution < 1.29 is 37.1 Å². The quantitative estimate of drug-likeness (QED) is 0.459. The molecule has 206 valence electrons. The van der Waals surface area contributed by atoms with Crippen LogP contribution in [0, 0.1) is 0 Å². The van der Waals surface area contributed by atoms with Crippen LogP contribution in [0.2, 0.25) is 0 Å². The maximum atomic E-state index is 13.7. The molecule has 1 aliphatic heterocycles. The number of Topliss-reactive ketones (excluding diaryl/α,β-unsaturated/α-hetero) is 1. The first-order valence-corrected chi connectivity index (χ1v) is 12.5. The number of carbonyl (C=O) groups excluding carboxylic acids is 4. The van der Waals surface area contributed by atoms with Crippen molar-refractivity contribution in [2.45, 2.75) is 43.8 Å². The van der Waals surface area contributed by atoms with E-state index in [0.717, 1.165) is 12.1 Å². The molecule has 11 heteroatoms. The van der Waals surface area contributed by atoms with Crippen LogP contribution in [0.1, 0.15) is 45.5 Å². The molecule has 5 rings (SSSR count). The number of para-hydroxylation sites is 1. The predicted octanol–water partition coefficient (Wildman–Crippen LogP) is 4.15. The first kappa shape index (κ1) is 26.9. The zero-order valence-corrected chi connectivity index (χ0v) is 21.0. The molecule has 8 nitrogen and oxygen atoms in total. The molecule has 3 amide bonds. The lowest BCUT2D eigenvalue weighted by Gasteiger charge is -2.27. The van der Waals surface area contributed by atoms with Gasteiger partial charge in [-0.1, -0.05) is 42.5 Å². The van der Waals surface area contributed by atoms with Crippen molar-refractivity contribution in [1.29, 1.82) is 0 Å². The smallest absolute Gasteiger partial charge is 0.406 e. The maximum Gasteiger partial charge on any atom is 0.573 e. The Morgan fingerprint density at radius 3 is 2.23 bits per heavy atom. The lowest BCUT2D eigenvalue weighted by Crippen LogP contribution is -2.55. The summed E-state index contributed by atoms with van der Waals surface area (Å²) in [4.78, 5) is 54.2. The van der Waals surface area contributed by atoms with Gasteiger partial charge in [0.1, 0.15) is 17.3 Å². The van der Waals surface area contributed by atoms with Gasteiger partial charge >= 0.3 is 6.36 Å². The molecular weight excluding hydrogens is 527 g/mol. The van der Waals surface area contributed by atoms with Crippen molar-refractivity contribution >= 4 is 29.2 Å². The summed E-state index contributed by atoms with van der Waals surface area (Å²) in [5.41, 5.74) is 0.280. The molecule has 0 aromatic heterocycles. The Balaban J connectivity index is 1.36. The summed E-state index contributed by atoms with van der Waals surface area (Å²) in [6.07, 6.45) is -4.38. The van der Waals surface area contributed by atoms with Crippen molar-refractivity contribution in [1.82, 2.24) is 10.6 Å². The number of anilines is 1. The highest BCUT2D eigenvalue weighted by Crippen LogP contribution is 2.37. The third-order valence-corrected chi connectivity index (χ3v) is 6.83. The van der Waals surface area contributed by atoms with E-state index in [1.54, 1.807) is 54.6 Å². The normalized spacial score (nSPS) is 17.9. The van der Waals surface area contributed by atoms with Crippen LogP contribution in [-0.2, 0) is 16.1 Å². The largest absolute Gasteiger partial charge is 0.573 e. The summed E-state index contributed by atoms with van der Waals surface area (Å²) in [6, 6.07) is 18.7. The van der Waals surface area contributed by atoms with E-state index in [9.17, 15) is 32.3 Å². The molecule has 1 saturated carbocycles. The Kier molecular flexibility index (Phi) is 7.05. The van der Waals surface area contributed by atoms with Gasteiger partial charge < -0.3 is 20.3 Å². The maximum absolute atomic E-state index is 13.7. The molecule has 2 aliphatic rings. The van der Waals surface area contributed by atoms with Crippen LogP contribution in [0.4, 0.5) is 18.9 Å². The average molecular weight is 552 g/mol. The molecule has 0 unspecified atom stereocenters. The van der Waals surface area contributed by atoms with Crippen molar-refractivity contribution in [3.05, 3.63) is 95.6 Å². The van der Waals surface area contributed by atoms with E-state index in [-0.39, 0.29) is 24.3 Å². The summed E-state index contributed by atoms with van der Waals surface area (Å²) in [5, 5.41) is 5.42. The number of alkyl halides is 3. The van der Waals surface area contributed by atoms with E-state index in [2.05, 4.69) is 15.4 Å². The number of carbonyl (C=O) groups is 4. The minimum atomic E-state index is -4.84. The van der Waals surface area contributed by atoms with Gasteiger partial charge in [-0.2, -0.15) is 0 Å². The summed E-state index contributed by atoms with van der Waals surface area (Å²) >= 11 is 0. The van der Waals surface area contributed by atoms with E-state index >= 15 is 0 Å². The van der Waals surface area contributed by atoms with Crippen molar-refractivity contribution in [3.8, 4) is 5.75 Å². The van der Waals surface area contributed by atoms with E-state index in [1.807, 2.05) is 0 Å². The fourth-order valence-corrected chi connectivity index (χ4v) is 4.60. The number of amides is 3. The van der Waals surface area contributed by atoms with E-state index < -0.39 is 41.4 Å². The molecule has 2 N–H and O–H groups in total. The van der Waals surface area contributed by atoms with Crippen LogP contribution in [0.5, 0.6) is 5.75 Å². The van der Waals surface area contributed by atoms with Gasteiger partial charge in [0, 0.05) is 17.5 Å². The highest BCUT2D eigenvalue weighted by Gasteiger charge is 2.52. The standard InChI is InChI=1S/C29H24F3N3O5/c30-29(31,32)40-20-12-10-18(11-13-20)17-35-23-9-5-4-8-21(23)24(36)16-22(26(35)38)33-27(39)28(14-15-28)34-25(37)19-6-2-1-3-7-19/h1-13,22H,14-17H2,(H,33,39)(H,34,37)/t22-/m1/s1. The SMILES string of the molecule is O=C(NC1(C(=O)N[C@@H]2CC(=O)c3ccccc3N(Cc3ccc(OC(F)(F)F)cc3)C2=O)CC1)c1ccccc1. The highest BCUT2D eigenvalue weighted by molar-refractivity contribution is 6.13. The number of halogens is 3. The summed E-state index contributed by atoms with van der Waals surface area (Å²) in [7, 11) is 0. The summed E-state index contributed by atoms with van der Waals surface area (Å²) in [6.45, 7) is -0.0717. The second kappa shape index (κ2) is 10.5. The number of ether oxygens (including phenoxy) is 1. The molecule has 3 aromatic carbocycles. The van der Waals surface area contributed by atoms with Gasteiger partial charge in [0.15, 0.2) is 5.78 Å². The van der Waals surface area contributed by atoms with Crippen LogP contribution in [0.15, 0.2) is 78.9 Å². The fourth-order valence-electron chi connectivity index (χ4n) is 4.60. The van der Waals surface area contributed by atoms with Crippen LogP contribution in [0.3, 0.4) is 0 Å². The lowest BCUT2D eigenvalue weighted by molar-refractivity contribution is -0.274. The highest BCUT2D eigenvalue weighted by atomic mass is 19.4. The minimum absolute atomic E-state index is 0.0717. The molecule has 1 atom stereocenters. The number of benzene rings is 3. The monoisotopic (exact) mass is 551 g/mol. The van der Waals surface area contributed by atoms with Gasteiger partial charge in [-0.15, -0.1) is 13.2 Å². The number of nitrogens with one attached hydrogen (secondary N) is 2. The molecule has 1 aliphatic carbocycles. The molecule has 1 fully saturated rings. The molecule has 1 heterocycles. The Hall–Kier alpha value is -4.67. The van der Waals surface area contributed by atoms with E-state index in [0.29, 0.717) is 29.7 Å². The summed E-state index contributed by atoms with van der Waals surface area (Å²) < 4.78 is 41.5. The first-order chi connectivity index (χ1) is 19.0. The number of rotatable bonds is 7. The topological polar surface area (TPSA) is 105 Å². The summed E-state index contributed by atoms with van der Waals surface area (Å²) in [5.74, 6) is -2.33. The number of ketones is 1. The third kappa shape index (κ3) is 5.83. The van der Waals surface area contributed by atoms with Crippen molar-refractivity contribution in [2.75, 3.05) is 4.90 Å². The molecule has 0 saturated heterocycles. The second-order valence-corrected chi connectivity index (χ2v) is 9.69. The Labute approximate surface area is 227 Å². The van der Waals surface area contributed by atoms with E-state index in [1.165, 1.54) is 17.0 Å². The average Bonchev–Trinajstić information content (AvgIpc) is 3.72. The molecule has 3 aromatic rings. The van der Waals surface area contributed by atoms with Crippen LogP contribution in [-0.4, -0.2) is 41.4 Å². The number of hydrogen-bond acceptors (Lipinski definition) is 5. The number of fused-ring (bicyclic) bond motifs is 1. The van der Waals surface area contributed by atoms with Gasteiger partial charge in [-0.3, -0.25) is 19.2 Å². The Morgan fingerprint density at radius 2 is 1.57 bits per heavy atom. The zero-order chi connectivity index (χ0) is 28.5. The molecule has 0 radical (unpaired) electrons. The molecule has 0 spiro atoms. The minimum Gasteiger partial charge on any atom is -0.406 e. The van der Waals surface area contributed by atoms with Crippen molar-refractivity contribution in [2.24, 2.45) is 0 Å². The number of nitrogens with zero attached hydrogens (tertiary/aromatic N) is 1. The first-order valence-electron chi connectivity index (χ1n) is 12.5. The Morgan fingerprint density at radius 1 is 0.925 bits per heavy atom. The predicted molar refractivity (Wildman–Crippen MR) is 138 cm³/mol. The fraction of sp³-hybridized carbons (Fsp3) is 0.241.